The predicted octanol–water partition coefficient (Wildman–Crippen LogP) is -0.170. The summed E-state index contributed by atoms with van der Waals surface area (Å²) in [6.45, 7) is 3.10. The molecule has 78 valence electrons. The van der Waals surface area contributed by atoms with Crippen molar-refractivity contribution in [3.63, 3.8) is 0 Å². The summed E-state index contributed by atoms with van der Waals surface area (Å²) in [5.41, 5.74) is 0. The Morgan fingerprint density at radius 2 is 1.62 bits per heavy atom. The van der Waals surface area contributed by atoms with Gasteiger partial charge in [-0.05, 0) is 12.8 Å². The Kier molecular flexibility index (Phi) is 5.61. The number of aliphatic carboxylic acids is 1. The van der Waals surface area contributed by atoms with E-state index in [1.165, 1.54) is 0 Å². The largest absolute Gasteiger partial charge is 0.480 e. The van der Waals surface area contributed by atoms with Crippen LogP contribution in [-0.2, 0) is 4.79 Å². The van der Waals surface area contributed by atoms with E-state index in [4.69, 9.17) is 5.11 Å². The van der Waals surface area contributed by atoms with Crippen LogP contribution >= 0.6 is 0 Å². The van der Waals surface area contributed by atoms with E-state index in [9.17, 15) is 15.0 Å². The van der Waals surface area contributed by atoms with E-state index in [1.54, 1.807) is 13.8 Å². The number of hydrogen-bond donors (Lipinski definition) is 3. The van der Waals surface area contributed by atoms with Gasteiger partial charge in [-0.1, -0.05) is 13.8 Å². The molecule has 0 aliphatic heterocycles. The molecule has 0 amide bonds. The van der Waals surface area contributed by atoms with Crippen molar-refractivity contribution >= 4 is 5.97 Å². The van der Waals surface area contributed by atoms with Crippen LogP contribution in [0.5, 0.6) is 0 Å². The lowest BCUT2D eigenvalue weighted by Gasteiger charge is -2.29. The van der Waals surface area contributed by atoms with E-state index in [-0.39, 0.29) is 6.54 Å². The van der Waals surface area contributed by atoms with Crippen LogP contribution in [0.15, 0.2) is 0 Å². The number of carbonyl (C=O) groups is 1. The van der Waals surface area contributed by atoms with Crippen LogP contribution in [0.3, 0.4) is 0 Å². The molecule has 5 nitrogen and oxygen atoms in total. The zero-order valence-electron chi connectivity index (χ0n) is 7.97. The van der Waals surface area contributed by atoms with Crippen molar-refractivity contribution in [1.29, 1.82) is 0 Å². The molecular formula is C8H17NO4. The van der Waals surface area contributed by atoms with Crippen LogP contribution in [0.25, 0.3) is 0 Å². The van der Waals surface area contributed by atoms with Crippen LogP contribution in [-0.4, -0.2) is 45.2 Å². The first-order chi connectivity index (χ1) is 6.02. The number of hydrogen-bond acceptors (Lipinski definition) is 4. The summed E-state index contributed by atoms with van der Waals surface area (Å²) in [6.07, 6.45) is -1.01. The highest BCUT2D eigenvalue weighted by Crippen LogP contribution is 2.07. The first-order valence-electron chi connectivity index (χ1n) is 4.36. The molecule has 0 aliphatic rings. The molecule has 13 heavy (non-hydrogen) atoms. The van der Waals surface area contributed by atoms with Gasteiger partial charge in [-0.25, -0.2) is 4.90 Å². The number of carboxylic acids is 1. The molecule has 0 spiro atoms. The molecule has 0 rings (SSSR count). The number of aliphatic hydroxyl groups is 2. The van der Waals surface area contributed by atoms with Crippen molar-refractivity contribution in [3.05, 3.63) is 0 Å². The maximum absolute atomic E-state index is 10.4. The summed E-state index contributed by atoms with van der Waals surface area (Å²) < 4.78 is 0. The minimum absolute atomic E-state index is 0.343. The van der Waals surface area contributed by atoms with E-state index in [2.05, 4.69) is 0 Å². The van der Waals surface area contributed by atoms with Crippen LogP contribution in [0, 0.1) is 0 Å². The number of aliphatic hydroxyl groups excluding tert-OH is 2. The van der Waals surface area contributed by atoms with Crippen LogP contribution in [0.1, 0.15) is 26.7 Å². The quantitative estimate of drug-likeness (QED) is 0.508. The molecule has 0 radical (unpaired) electrons. The molecule has 0 saturated carbocycles. The Morgan fingerprint density at radius 1 is 1.23 bits per heavy atom. The second-order valence-corrected chi connectivity index (χ2v) is 2.84. The van der Waals surface area contributed by atoms with Crippen LogP contribution in [0.2, 0.25) is 0 Å². The lowest BCUT2D eigenvalue weighted by atomic mass is 10.3. The molecule has 2 atom stereocenters. The summed E-state index contributed by atoms with van der Waals surface area (Å²) in [4.78, 5) is 11.5. The first kappa shape index (κ1) is 12.3. The normalized spacial score (nSPS) is 15.8. The van der Waals surface area contributed by atoms with E-state index < -0.39 is 18.4 Å². The van der Waals surface area contributed by atoms with Gasteiger partial charge < -0.3 is 15.3 Å². The van der Waals surface area contributed by atoms with E-state index >= 15 is 0 Å². The number of nitrogens with zero attached hydrogens (tertiary/aromatic N) is 1. The minimum atomic E-state index is -1.06. The van der Waals surface area contributed by atoms with Crippen molar-refractivity contribution in [2.75, 3.05) is 6.54 Å². The van der Waals surface area contributed by atoms with Crippen molar-refractivity contribution in [3.8, 4) is 0 Å². The Labute approximate surface area is 77.6 Å². The third-order valence-electron chi connectivity index (χ3n) is 1.81. The molecule has 0 aromatic heterocycles. The molecule has 3 N–H and O–H groups in total. The SMILES string of the molecule is CCC(O)N(CC(=O)O)C(O)CC. The molecule has 0 aliphatic carbocycles. The first-order valence-corrected chi connectivity index (χ1v) is 4.36. The monoisotopic (exact) mass is 191 g/mol. The van der Waals surface area contributed by atoms with Gasteiger partial charge in [0.2, 0.25) is 0 Å². The van der Waals surface area contributed by atoms with Gasteiger partial charge in [0, 0.05) is 0 Å². The van der Waals surface area contributed by atoms with Gasteiger partial charge in [0.05, 0.1) is 0 Å². The van der Waals surface area contributed by atoms with Gasteiger partial charge in [0.15, 0.2) is 0 Å². The molecule has 0 heterocycles. The third-order valence-corrected chi connectivity index (χ3v) is 1.81. The number of carboxylic acid groups (broad SMARTS) is 1. The molecule has 0 bridgehead atoms. The average Bonchev–Trinajstić information content (AvgIpc) is 2.11. The summed E-state index contributed by atoms with van der Waals surface area (Å²) in [5.74, 6) is -1.06. The third kappa shape index (κ3) is 4.21. The molecular weight excluding hydrogens is 174 g/mol. The zero-order chi connectivity index (χ0) is 10.4. The van der Waals surface area contributed by atoms with Gasteiger partial charge in [-0.2, -0.15) is 0 Å². The summed E-state index contributed by atoms with van der Waals surface area (Å²) in [6, 6.07) is 0. The Balaban J connectivity index is 4.26. The lowest BCUT2D eigenvalue weighted by Crippen LogP contribution is -2.45. The smallest absolute Gasteiger partial charge is 0.317 e. The molecule has 5 heteroatoms. The van der Waals surface area contributed by atoms with Crippen molar-refractivity contribution in [2.45, 2.75) is 39.1 Å². The van der Waals surface area contributed by atoms with Crippen molar-refractivity contribution in [1.82, 2.24) is 4.90 Å². The van der Waals surface area contributed by atoms with E-state index in [0.29, 0.717) is 12.8 Å². The second-order valence-electron chi connectivity index (χ2n) is 2.84. The second kappa shape index (κ2) is 5.90. The summed E-state index contributed by atoms with van der Waals surface area (Å²) >= 11 is 0. The van der Waals surface area contributed by atoms with Crippen molar-refractivity contribution < 1.29 is 20.1 Å². The van der Waals surface area contributed by atoms with Gasteiger partial charge in [-0.3, -0.25) is 4.79 Å². The molecule has 0 saturated heterocycles. The Bertz CT molecular complexity index is 152. The fraction of sp³-hybridized carbons (Fsp3) is 0.875. The molecule has 2 unspecified atom stereocenters. The van der Waals surface area contributed by atoms with Crippen LogP contribution in [0.4, 0.5) is 0 Å². The average molecular weight is 191 g/mol. The Morgan fingerprint density at radius 3 is 1.85 bits per heavy atom. The number of rotatable bonds is 6. The van der Waals surface area contributed by atoms with E-state index in [1.807, 2.05) is 0 Å². The van der Waals surface area contributed by atoms with Crippen LogP contribution < -0.4 is 0 Å². The highest BCUT2D eigenvalue weighted by atomic mass is 16.4. The molecule has 0 aromatic rings. The fourth-order valence-electron chi connectivity index (χ4n) is 1.03. The Hall–Kier alpha value is -0.650. The zero-order valence-corrected chi connectivity index (χ0v) is 7.97. The van der Waals surface area contributed by atoms with Gasteiger partial charge in [0.25, 0.3) is 0 Å². The topological polar surface area (TPSA) is 81.0 Å². The maximum Gasteiger partial charge on any atom is 0.317 e. The molecule has 0 fully saturated rings. The lowest BCUT2D eigenvalue weighted by molar-refractivity contribution is -0.152. The molecule has 0 aromatic carbocycles. The summed E-state index contributed by atoms with van der Waals surface area (Å²) in [7, 11) is 0. The van der Waals surface area contributed by atoms with E-state index in [0.717, 1.165) is 4.90 Å². The predicted molar refractivity (Wildman–Crippen MR) is 46.9 cm³/mol. The minimum Gasteiger partial charge on any atom is -0.480 e. The summed E-state index contributed by atoms with van der Waals surface area (Å²) in [5, 5.41) is 27.3. The van der Waals surface area contributed by atoms with Gasteiger partial charge in [-0.15, -0.1) is 0 Å². The van der Waals surface area contributed by atoms with Gasteiger partial charge >= 0.3 is 5.97 Å². The maximum atomic E-state index is 10.4. The standard InChI is InChI=1S/C8H17NO4/c1-3-6(10)9(5-8(12)13)7(11)4-2/h6-7,10-11H,3-5H2,1-2H3,(H,12,13). The van der Waals surface area contributed by atoms with Gasteiger partial charge in [0.1, 0.15) is 19.0 Å². The highest BCUT2D eigenvalue weighted by molar-refractivity contribution is 5.69. The highest BCUT2D eigenvalue weighted by Gasteiger charge is 2.22. The van der Waals surface area contributed by atoms with Crippen molar-refractivity contribution in [2.24, 2.45) is 0 Å². The fourth-order valence-corrected chi connectivity index (χ4v) is 1.03.